The molecule has 1 fully saturated rings. The van der Waals surface area contributed by atoms with E-state index in [1.165, 1.54) is 24.7 Å². The first kappa shape index (κ1) is 15.4. The Kier molecular flexibility index (Phi) is 4.16. The largest absolute Gasteiger partial charge is 0.497 e. The third kappa shape index (κ3) is 2.51. The third-order valence-corrected chi connectivity index (χ3v) is 5.93. The topological polar surface area (TPSA) is 35.5 Å². The molecule has 0 heterocycles. The number of methoxy groups -OCH3 is 2. The van der Waals surface area contributed by atoms with E-state index in [-0.39, 0.29) is 11.4 Å². The maximum atomic E-state index is 12.4. The van der Waals surface area contributed by atoms with Gasteiger partial charge in [-0.25, -0.2) is 0 Å². The molecule has 2 aliphatic rings. The Hall–Kier alpha value is -1.51. The van der Waals surface area contributed by atoms with Crippen LogP contribution in [-0.4, -0.2) is 20.2 Å². The van der Waals surface area contributed by atoms with Gasteiger partial charge in [0.1, 0.15) is 5.75 Å². The second kappa shape index (κ2) is 5.94. The van der Waals surface area contributed by atoms with Crippen LogP contribution in [-0.2, 0) is 22.4 Å². The van der Waals surface area contributed by atoms with Gasteiger partial charge in [0.2, 0.25) is 0 Å². The number of carbonyl (C=O) groups excluding carboxylic acids is 1. The second-order valence-electron chi connectivity index (χ2n) is 7.05. The highest BCUT2D eigenvalue weighted by Crippen LogP contribution is 2.50. The fourth-order valence-electron chi connectivity index (χ4n) is 4.68. The summed E-state index contributed by atoms with van der Waals surface area (Å²) in [6.45, 7) is 2.12. The van der Waals surface area contributed by atoms with Crippen molar-refractivity contribution < 1.29 is 14.3 Å². The van der Waals surface area contributed by atoms with Crippen molar-refractivity contribution in [2.45, 2.75) is 45.4 Å². The van der Waals surface area contributed by atoms with E-state index in [0.717, 1.165) is 37.9 Å². The number of hydrogen-bond acceptors (Lipinski definition) is 3. The summed E-state index contributed by atoms with van der Waals surface area (Å²) in [5.74, 6) is 1.91. The van der Waals surface area contributed by atoms with Crippen molar-refractivity contribution in [2.24, 2.45) is 17.3 Å². The SMILES string of the molecule is COC(=O)[C@]1(C)CCC[C@H]2Cc3cc(OC)ccc3CC[C@H]21. The lowest BCUT2D eigenvalue weighted by molar-refractivity contribution is -0.160. The minimum atomic E-state index is -0.316. The summed E-state index contributed by atoms with van der Waals surface area (Å²) in [5, 5.41) is 0. The third-order valence-electron chi connectivity index (χ3n) is 5.93. The summed E-state index contributed by atoms with van der Waals surface area (Å²) in [7, 11) is 3.24. The molecule has 120 valence electrons. The summed E-state index contributed by atoms with van der Waals surface area (Å²) in [6.07, 6.45) is 6.48. The van der Waals surface area contributed by atoms with Crippen molar-refractivity contribution in [3.8, 4) is 5.75 Å². The number of aryl methyl sites for hydroxylation is 1. The molecule has 0 aliphatic heterocycles. The van der Waals surface area contributed by atoms with Crippen LogP contribution in [0.1, 0.15) is 43.7 Å². The van der Waals surface area contributed by atoms with Crippen LogP contribution in [0.4, 0.5) is 0 Å². The van der Waals surface area contributed by atoms with E-state index in [1.807, 2.05) is 6.07 Å². The zero-order chi connectivity index (χ0) is 15.7. The van der Waals surface area contributed by atoms with Crippen molar-refractivity contribution in [1.29, 1.82) is 0 Å². The summed E-state index contributed by atoms with van der Waals surface area (Å²) in [5.41, 5.74) is 2.51. The van der Waals surface area contributed by atoms with Crippen LogP contribution < -0.4 is 4.74 Å². The molecule has 3 atom stereocenters. The van der Waals surface area contributed by atoms with Gasteiger partial charge in [-0.05, 0) is 74.1 Å². The van der Waals surface area contributed by atoms with E-state index in [1.54, 1.807) is 7.11 Å². The Bertz CT molecular complexity index is 566. The summed E-state index contributed by atoms with van der Waals surface area (Å²) in [4.78, 5) is 12.4. The molecule has 3 nitrogen and oxygen atoms in total. The first-order chi connectivity index (χ1) is 10.6. The van der Waals surface area contributed by atoms with Crippen molar-refractivity contribution in [3.05, 3.63) is 29.3 Å². The highest BCUT2D eigenvalue weighted by molar-refractivity contribution is 5.77. The molecule has 0 amide bonds. The quantitative estimate of drug-likeness (QED) is 0.780. The lowest BCUT2D eigenvalue weighted by Gasteiger charge is -2.43. The van der Waals surface area contributed by atoms with Gasteiger partial charge in [0.05, 0.1) is 19.6 Å². The van der Waals surface area contributed by atoms with Crippen LogP contribution in [0, 0.1) is 17.3 Å². The number of ether oxygens (including phenoxy) is 2. The molecule has 1 aromatic rings. The first-order valence-electron chi connectivity index (χ1n) is 8.32. The van der Waals surface area contributed by atoms with Crippen LogP contribution in [0.2, 0.25) is 0 Å². The Morgan fingerprint density at radius 2 is 2.05 bits per heavy atom. The van der Waals surface area contributed by atoms with Gasteiger partial charge in [-0.1, -0.05) is 12.5 Å². The van der Waals surface area contributed by atoms with Gasteiger partial charge < -0.3 is 9.47 Å². The van der Waals surface area contributed by atoms with Gasteiger partial charge in [-0.15, -0.1) is 0 Å². The van der Waals surface area contributed by atoms with Gasteiger partial charge in [0.15, 0.2) is 0 Å². The van der Waals surface area contributed by atoms with E-state index < -0.39 is 0 Å². The number of fused-ring (bicyclic) bond motifs is 2. The van der Waals surface area contributed by atoms with Gasteiger partial charge in [0.25, 0.3) is 0 Å². The normalized spacial score (nSPS) is 30.7. The van der Waals surface area contributed by atoms with Gasteiger partial charge >= 0.3 is 5.97 Å². The van der Waals surface area contributed by atoms with Gasteiger partial charge in [-0.3, -0.25) is 4.79 Å². The van der Waals surface area contributed by atoms with Gasteiger partial charge in [-0.2, -0.15) is 0 Å². The summed E-state index contributed by atoms with van der Waals surface area (Å²) >= 11 is 0. The minimum absolute atomic E-state index is 0.0225. The molecule has 3 heteroatoms. The smallest absolute Gasteiger partial charge is 0.311 e. The highest BCUT2D eigenvalue weighted by atomic mass is 16.5. The predicted octanol–water partition coefficient (Wildman–Crippen LogP) is 3.78. The number of carbonyl (C=O) groups is 1. The lowest BCUT2D eigenvalue weighted by atomic mass is 9.60. The second-order valence-corrected chi connectivity index (χ2v) is 7.05. The summed E-state index contributed by atoms with van der Waals surface area (Å²) in [6, 6.07) is 6.43. The minimum Gasteiger partial charge on any atom is -0.497 e. The van der Waals surface area contributed by atoms with E-state index in [9.17, 15) is 4.79 Å². The molecule has 0 saturated heterocycles. The molecule has 3 rings (SSSR count). The van der Waals surface area contributed by atoms with Crippen LogP contribution >= 0.6 is 0 Å². The number of rotatable bonds is 2. The zero-order valence-electron chi connectivity index (χ0n) is 13.9. The number of benzene rings is 1. The standard InChI is InChI=1S/C19H26O3/c1-19(18(20)22-3)10-4-5-14-11-15-12-16(21-2)8-6-13(15)7-9-17(14)19/h6,8,12,14,17H,4-5,7,9-11H2,1-3H3/t14-,17+,19+/m0/s1. The van der Waals surface area contributed by atoms with Crippen molar-refractivity contribution in [2.75, 3.05) is 14.2 Å². The fourth-order valence-corrected chi connectivity index (χ4v) is 4.68. The van der Waals surface area contributed by atoms with Crippen molar-refractivity contribution in [3.63, 3.8) is 0 Å². The van der Waals surface area contributed by atoms with Crippen LogP contribution in [0.5, 0.6) is 5.75 Å². The Morgan fingerprint density at radius 3 is 2.77 bits per heavy atom. The lowest BCUT2D eigenvalue weighted by Crippen LogP contribution is -2.44. The van der Waals surface area contributed by atoms with Gasteiger partial charge in [0, 0.05) is 0 Å². The van der Waals surface area contributed by atoms with Crippen molar-refractivity contribution in [1.82, 2.24) is 0 Å². The Labute approximate surface area is 133 Å². The maximum absolute atomic E-state index is 12.4. The van der Waals surface area contributed by atoms with E-state index >= 15 is 0 Å². The molecule has 1 saturated carbocycles. The van der Waals surface area contributed by atoms with Crippen LogP contribution in [0.15, 0.2) is 18.2 Å². The van der Waals surface area contributed by atoms with E-state index in [0.29, 0.717) is 11.8 Å². The molecule has 0 radical (unpaired) electrons. The molecule has 1 aromatic carbocycles. The Morgan fingerprint density at radius 1 is 1.23 bits per heavy atom. The van der Waals surface area contributed by atoms with E-state index in [4.69, 9.17) is 9.47 Å². The summed E-state index contributed by atoms with van der Waals surface area (Å²) < 4.78 is 10.5. The average Bonchev–Trinajstić information content (AvgIpc) is 2.73. The molecule has 0 aromatic heterocycles. The predicted molar refractivity (Wildman–Crippen MR) is 86.0 cm³/mol. The highest BCUT2D eigenvalue weighted by Gasteiger charge is 2.48. The van der Waals surface area contributed by atoms with E-state index in [2.05, 4.69) is 19.1 Å². The zero-order valence-corrected chi connectivity index (χ0v) is 13.9. The van der Waals surface area contributed by atoms with Crippen LogP contribution in [0.3, 0.4) is 0 Å². The molecular formula is C19H26O3. The average molecular weight is 302 g/mol. The monoisotopic (exact) mass is 302 g/mol. The van der Waals surface area contributed by atoms with Crippen molar-refractivity contribution >= 4 is 5.97 Å². The molecule has 0 spiro atoms. The molecule has 0 bridgehead atoms. The Balaban J connectivity index is 1.91. The molecular weight excluding hydrogens is 276 g/mol. The first-order valence-corrected chi connectivity index (χ1v) is 8.32. The number of hydrogen-bond donors (Lipinski definition) is 0. The molecule has 0 unspecified atom stereocenters. The van der Waals surface area contributed by atoms with Crippen LogP contribution in [0.25, 0.3) is 0 Å². The fraction of sp³-hybridized carbons (Fsp3) is 0.632. The molecule has 22 heavy (non-hydrogen) atoms. The molecule has 0 N–H and O–H groups in total. The number of esters is 1. The maximum Gasteiger partial charge on any atom is 0.311 e. The molecule has 2 aliphatic carbocycles.